The molecule has 0 radical (unpaired) electrons. The number of hydrogen-bond acceptors (Lipinski definition) is 3. The summed E-state index contributed by atoms with van der Waals surface area (Å²) in [6.45, 7) is 6.98. The van der Waals surface area contributed by atoms with Gasteiger partial charge in [0.25, 0.3) is 0 Å². The molecule has 0 fully saturated rings. The molecule has 4 heteroatoms. The van der Waals surface area contributed by atoms with Crippen molar-refractivity contribution in [2.45, 2.75) is 33.2 Å². The molecule has 0 saturated heterocycles. The van der Waals surface area contributed by atoms with Crippen LogP contribution in [0.1, 0.15) is 37.6 Å². The van der Waals surface area contributed by atoms with Gasteiger partial charge in [0.2, 0.25) is 0 Å². The summed E-state index contributed by atoms with van der Waals surface area (Å²) >= 11 is 0. The van der Waals surface area contributed by atoms with Crippen LogP contribution in [-0.2, 0) is 0 Å². The quantitative estimate of drug-likeness (QED) is 0.771. The molecule has 1 rings (SSSR count). The second-order valence-corrected chi connectivity index (χ2v) is 4.37. The Kier molecular flexibility index (Phi) is 4.37. The van der Waals surface area contributed by atoms with E-state index in [2.05, 4.69) is 11.8 Å². The van der Waals surface area contributed by atoms with Crippen molar-refractivity contribution in [2.75, 3.05) is 17.2 Å². The molecule has 0 saturated carbocycles. The number of benzene rings is 1. The lowest BCUT2D eigenvalue weighted by Crippen LogP contribution is -2.32. The smallest absolute Gasteiger partial charge is 0.337 e. The van der Waals surface area contributed by atoms with Crippen LogP contribution in [0.4, 0.5) is 11.4 Å². The highest BCUT2D eigenvalue weighted by atomic mass is 16.4. The Bertz CT molecular complexity index is 402. The molecular formula is C13H20N2O2. The number of aromatic carboxylic acids is 1. The minimum Gasteiger partial charge on any atom is -0.478 e. The third-order valence-corrected chi connectivity index (χ3v) is 2.65. The number of anilines is 2. The van der Waals surface area contributed by atoms with Gasteiger partial charge in [0.1, 0.15) is 0 Å². The predicted molar refractivity (Wildman–Crippen MR) is 70.6 cm³/mol. The maximum Gasteiger partial charge on any atom is 0.337 e. The molecule has 94 valence electrons. The van der Waals surface area contributed by atoms with E-state index in [-0.39, 0.29) is 6.04 Å². The van der Waals surface area contributed by atoms with Crippen LogP contribution in [0.3, 0.4) is 0 Å². The maximum absolute atomic E-state index is 11.2. The van der Waals surface area contributed by atoms with Crippen LogP contribution in [0.5, 0.6) is 0 Å². The molecule has 0 atom stereocenters. The standard InChI is InChI=1S/C13H20N2O2/c1-4-7-15(9(2)3)12-8-10(14)5-6-11(12)13(16)17/h5-6,8-9H,4,7,14H2,1-3H3,(H,16,17). The largest absolute Gasteiger partial charge is 0.478 e. The summed E-state index contributed by atoms with van der Waals surface area (Å²) in [5.41, 5.74) is 7.34. The zero-order chi connectivity index (χ0) is 13.0. The molecule has 0 heterocycles. The number of hydrogen-bond donors (Lipinski definition) is 2. The van der Waals surface area contributed by atoms with Gasteiger partial charge in [-0.2, -0.15) is 0 Å². The molecule has 0 aliphatic heterocycles. The zero-order valence-corrected chi connectivity index (χ0v) is 10.6. The first-order chi connectivity index (χ1) is 7.97. The van der Waals surface area contributed by atoms with Crippen LogP contribution in [0.2, 0.25) is 0 Å². The predicted octanol–water partition coefficient (Wildman–Crippen LogP) is 2.59. The average molecular weight is 236 g/mol. The molecule has 0 bridgehead atoms. The van der Waals surface area contributed by atoms with Gasteiger partial charge in [0.05, 0.1) is 11.3 Å². The molecule has 17 heavy (non-hydrogen) atoms. The highest BCUT2D eigenvalue weighted by Gasteiger charge is 2.17. The van der Waals surface area contributed by atoms with Gasteiger partial charge in [0, 0.05) is 18.3 Å². The summed E-state index contributed by atoms with van der Waals surface area (Å²) in [6, 6.07) is 5.17. The van der Waals surface area contributed by atoms with Crippen molar-refractivity contribution in [3.63, 3.8) is 0 Å². The van der Waals surface area contributed by atoms with E-state index in [0.717, 1.165) is 13.0 Å². The lowest BCUT2D eigenvalue weighted by atomic mass is 10.1. The second-order valence-electron chi connectivity index (χ2n) is 4.37. The third kappa shape index (κ3) is 3.12. The van der Waals surface area contributed by atoms with Crippen molar-refractivity contribution in [1.29, 1.82) is 0 Å². The molecule has 0 amide bonds. The summed E-state index contributed by atoms with van der Waals surface area (Å²) in [4.78, 5) is 13.3. The highest BCUT2D eigenvalue weighted by Crippen LogP contribution is 2.25. The van der Waals surface area contributed by atoms with E-state index in [1.54, 1.807) is 18.2 Å². The molecule has 0 aromatic heterocycles. The molecule has 3 N–H and O–H groups in total. The summed E-state index contributed by atoms with van der Waals surface area (Å²) < 4.78 is 0. The minimum absolute atomic E-state index is 0.245. The topological polar surface area (TPSA) is 66.6 Å². The fourth-order valence-corrected chi connectivity index (χ4v) is 1.86. The Labute approximate surface area is 102 Å². The molecule has 1 aromatic rings. The SMILES string of the molecule is CCCN(c1cc(N)ccc1C(=O)O)C(C)C. The molecule has 0 spiro atoms. The van der Waals surface area contributed by atoms with E-state index < -0.39 is 5.97 Å². The second kappa shape index (κ2) is 5.57. The zero-order valence-electron chi connectivity index (χ0n) is 10.6. The van der Waals surface area contributed by atoms with E-state index in [1.807, 2.05) is 13.8 Å². The summed E-state index contributed by atoms with van der Waals surface area (Å²) in [5, 5.41) is 9.19. The highest BCUT2D eigenvalue weighted by molar-refractivity contribution is 5.95. The Hall–Kier alpha value is -1.71. The molecule has 0 aliphatic rings. The Balaban J connectivity index is 3.24. The maximum atomic E-state index is 11.2. The van der Waals surface area contributed by atoms with Crippen molar-refractivity contribution in [1.82, 2.24) is 0 Å². The van der Waals surface area contributed by atoms with E-state index >= 15 is 0 Å². The lowest BCUT2D eigenvalue weighted by molar-refractivity contribution is 0.0697. The lowest BCUT2D eigenvalue weighted by Gasteiger charge is -2.30. The molecule has 1 aromatic carbocycles. The normalized spacial score (nSPS) is 10.6. The Morgan fingerprint density at radius 1 is 1.47 bits per heavy atom. The molecular weight excluding hydrogens is 216 g/mol. The van der Waals surface area contributed by atoms with Gasteiger partial charge in [-0.25, -0.2) is 4.79 Å². The van der Waals surface area contributed by atoms with Gasteiger partial charge in [-0.15, -0.1) is 0 Å². The number of nitrogens with two attached hydrogens (primary N) is 1. The summed E-state index contributed by atoms with van der Waals surface area (Å²) in [6.07, 6.45) is 0.964. The van der Waals surface area contributed by atoms with Crippen LogP contribution >= 0.6 is 0 Å². The summed E-state index contributed by atoms with van der Waals surface area (Å²) in [7, 11) is 0. The van der Waals surface area contributed by atoms with Gasteiger partial charge in [-0.3, -0.25) is 0 Å². The van der Waals surface area contributed by atoms with Crippen molar-refractivity contribution in [3.05, 3.63) is 23.8 Å². The fraction of sp³-hybridized carbons (Fsp3) is 0.462. The van der Waals surface area contributed by atoms with Gasteiger partial charge in [0.15, 0.2) is 0 Å². The van der Waals surface area contributed by atoms with Gasteiger partial charge < -0.3 is 15.7 Å². The van der Waals surface area contributed by atoms with E-state index in [9.17, 15) is 9.90 Å². The van der Waals surface area contributed by atoms with Gasteiger partial charge in [-0.05, 0) is 38.5 Å². The van der Waals surface area contributed by atoms with E-state index in [0.29, 0.717) is 16.9 Å². The third-order valence-electron chi connectivity index (χ3n) is 2.65. The number of rotatable bonds is 5. The fourth-order valence-electron chi connectivity index (χ4n) is 1.86. The molecule has 0 unspecified atom stereocenters. The number of carbonyl (C=O) groups is 1. The first-order valence-electron chi connectivity index (χ1n) is 5.86. The van der Waals surface area contributed by atoms with Crippen LogP contribution < -0.4 is 10.6 Å². The van der Waals surface area contributed by atoms with Crippen molar-refractivity contribution in [3.8, 4) is 0 Å². The van der Waals surface area contributed by atoms with Crippen molar-refractivity contribution >= 4 is 17.3 Å². The molecule has 0 aliphatic carbocycles. The van der Waals surface area contributed by atoms with Gasteiger partial charge >= 0.3 is 5.97 Å². The number of nitrogen functional groups attached to an aromatic ring is 1. The summed E-state index contributed by atoms with van der Waals surface area (Å²) in [5.74, 6) is -0.915. The van der Waals surface area contributed by atoms with Crippen molar-refractivity contribution in [2.24, 2.45) is 0 Å². The van der Waals surface area contributed by atoms with E-state index in [1.165, 1.54) is 0 Å². The van der Waals surface area contributed by atoms with Crippen LogP contribution in [0, 0.1) is 0 Å². The monoisotopic (exact) mass is 236 g/mol. The minimum atomic E-state index is -0.915. The Morgan fingerprint density at radius 2 is 2.12 bits per heavy atom. The number of carboxylic acids is 1. The average Bonchev–Trinajstić information content (AvgIpc) is 2.24. The first kappa shape index (κ1) is 13.4. The van der Waals surface area contributed by atoms with Crippen LogP contribution in [0.15, 0.2) is 18.2 Å². The Morgan fingerprint density at radius 3 is 2.59 bits per heavy atom. The molecule has 4 nitrogen and oxygen atoms in total. The number of carboxylic acid groups (broad SMARTS) is 1. The van der Waals surface area contributed by atoms with Crippen molar-refractivity contribution < 1.29 is 9.90 Å². The van der Waals surface area contributed by atoms with E-state index in [4.69, 9.17) is 5.73 Å². The van der Waals surface area contributed by atoms with Crippen LogP contribution in [0.25, 0.3) is 0 Å². The van der Waals surface area contributed by atoms with Gasteiger partial charge in [-0.1, -0.05) is 6.92 Å². The first-order valence-corrected chi connectivity index (χ1v) is 5.86. The van der Waals surface area contributed by atoms with Crippen LogP contribution in [-0.4, -0.2) is 23.7 Å². The number of nitrogens with zero attached hydrogens (tertiary/aromatic N) is 1.